The van der Waals surface area contributed by atoms with Crippen LogP contribution in [0.5, 0.6) is 0 Å². The van der Waals surface area contributed by atoms with Crippen LogP contribution in [0.3, 0.4) is 0 Å². The van der Waals surface area contributed by atoms with Gasteiger partial charge < -0.3 is 4.42 Å². The molecule has 0 aliphatic carbocycles. The summed E-state index contributed by atoms with van der Waals surface area (Å²) in [6, 6.07) is 12.6. The molecule has 0 saturated heterocycles. The molecule has 0 bridgehead atoms. The topological polar surface area (TPSA) is 80.9 Å². The number of carbonyl (C=O) groups is 1. The second-order valence-corrected chi connectivity index (χ2v) is 6.08. The fraction of sp³-hybridized carbons (Fsp3) is 0. The number of nitrogens with one attached hydrogen (secondary N) is 1. The number of aromatic nitrogens is 3. The summed E-state index contributed by atoms with van der Waals surface area (Å²) in [5.41, 5.74) is 1.94. The third kappa shape index (κ3) is 3.17. The van der Waals surface area contributed by atoms with E-state index in [9.17, 15) is 4.79 Å². The van der Waals surface area contributed by atoms with Crippen LogP contribution in [-0.2, 0) is 0 Å². The van der Waals surface area contributed by atoms with Crippen molar-refractivity contribution in [2.75, 3.05) is 5.32 Å². The van der Waals surface area contributed by atoms with Crippen molar-refractivity contribution in [3.63, 3.8) is 0 Å². The molecule has 0 saturated carbocycles. The van der Waals surface area contributed by atoms with Gasteiger partial charge in [0.15, 0.2) is 10.9 Å². The third-order valence-electron chi connectivity index (χ3n) is 3.44. The number of hydrogen-bond acceptors (Lipinski definition) is 6. The number of thiazole rings is 1. The molecule has 4 aromatic rings. The first kappa shape index (κ1) is 15.2. The summed E-state index contributed by atoms with van der Waals surface area (Å²) in [6.45, 7) is 0. The molecule has 0 unspecified atom stereocenters. The van der Waals surface area contributed by atoms with Crippen LogP contribution in [0.15, 0.2) is 71.7 Å². The standard InChI is InChI=1S/C18H12N4O2S/c23-17(12-6-9-19-10-7-12)22-18-21-15(14-5-3-11-24-14)16(25-18)13-4-1-2-8-20-13/h1-11H,(H,21,22,23). The highest BCUT2D eigenvalue weighted by molar-refractivity contribution is 7.19. The van der Waals surface area contributed by atoms with Gasteiger partial charge in [-0.05, 0) is 36.4 Å². The maximum atomic E-state index is 12.3. The Hall–Kier alpha value is -3.32. The van der Waals surface area contributed by atoms with Gasteiger partial charge in [-0.25, -0.2) is 4.98 Å². The molecular weight excluding hydrogens is 336 g/mol. The van der Waals surface area contributed by atoms with Crippen LogP contribution >= 0.6 is 11.3 Å². The summed E-state index contributed by atoms with van der Waals surface area (Å²) in [5, 5.41) is 3.30. The van der Waals surface area contributed by atoms with Crippen molar-refractivity contribution in [2.45, 2.75) is 0 Å². The summed E-state index contributed by atoms with van der Waals surface area (Å²) in [6.07, 6.45) is 6.46. The number of nitrogens with zero attached hydrogens (tertiary/aromatic N) is 3. The lowest BCUT2D eigenvalue weighted by Gasteiger charge is -2.00. The van der Waals surface area contributed by atoms with Gasteiger partial charge in [-0.2, -0.15) is 0 Å². The number of pyridine rings is 2. The maximum absolute atomic E-state index is 12.3. The van der Waals surface area contributed by atoms with Crippen LogP contribution in [-0.4, -0.2) is 20.9 Å². The van der Waals surface area contributed by atoms with Gasteiger partial charge in [-0.1, -0.05) is 17.4 Å². The molecule has 7 heteroatoms. The van der Waals surface area contributed by atoms with Gasteiger partial charge in [-0.3, -0.25) is 20.1 Å². The summed E-state index contributed by atoms with van der Waals surface area (Å²) in [7, 11) is 0. The molecule has 0 fully saturated rings. The minimum atomic E-state index is -0.241. The first-order valence-corrected chi connectivity index (χ1v) is 8.30. The molecule has 25 heavy (non-hydrogen) atoms. The van der Waals surface area contributed by atoms with Crippen molar-refractivity contribution in [1.82, 2.24) is 15.0 Å². The Kier molecular flexibility index (Phi) is 4.05. The molecule has 0 radical (unpaired) electrons. The van der Waals surface area contributed by atoms with E-state index in [4.69, 9.17) is 4.42 Å². The number of carbonyl (C=O) groups excluding carboxylic acids is 1. The van der Waals surface area contributed by atoms with Crippen molar-refractivity contribution >= 4 is 22.4 Å². The van der Waals surface area contributed by atoms with Crippen molar-refractivity contribution in [3.05, 3.63) is 72.9 Å². The minimum absolute atomic E-state index is 0.241. The zero-order chi connectivity index (χ0) is 17.1. The van der Waals surface area contributed by atoms with Crippen molar-refractivity contribution in [3.8, 4) is 22.0 Å². The van der Waals surface area contributed by atoms with Crippen LogP contribution in [0.2, 0.25) is 0 Å². The van der Waals surface area contributed by atoms with E-state index >= 15 is 0 Å². The van der Waals surface area contributed by atoms with Gasteiger partial charge in [0.2, 0.25) is 0 Å². The lowest BCUT2D eigenvalue weighted by atomic mass is 10.2. The SMILES string of the molecule is O=C(Nc1nc(-c2ccco2)c(-c2ccccn2)s1)c1ccncc1. The number of amides is 1. The Morgan fingerprint density at radius 3 is 2.64 bits per heavy atom. The highest BCUT2D eigenvalue weighted by Gasteiger charge is 2.19. The number of hydrogen-bond donors (Lipinski definition) is 1. The van der Waals surface area contributed by atoms with Gasteiger partial charge >= 0.3 is 0 Å². The Bertz CT molecular complexity index is 983. The zero-order valence-electron chi connectivity index (χ0n) is 12.9. The predicted octanol–water partition coefficient (Wildman–Crippen LogP) is 4.11. The predicted molar refractivity (Wildman–Crippen MR) is 95.2 cm³/mol. The normalized spacial score (nSPS) is 10.6. The van der Waals surface area contributed by atoms with Crippen LogP contribution in [0.25, 0.3) is 22.0 Å². The van der Waals surface area contributed by atoms with Gasteiger partial charge in [0.25, 0.3) is 5.91 Å². The molecule has 4 heterocycles. The van der Waals surface area contributed by atoms with Gasteiger partial charge in [0.1, 0.15) is 5.69 Å². The lowest BCUT2D eigenvalue weighted by molar-refractivity contribution is 0.102. The number of anilines is 1. The Morgan fingerprint density at radius 2 is 1.92 bits per heavy atom. The van der Waals surface area contributed by atoms with E-state index < -0.39 is 0 Å². The van der Waals surface area contributed by atoms with Crippen molar-refractivity contribution in [2.24, 2.45) is 0 Å². The third-order valence-corrected chi connectivity index (χ3v) is 4.44. The monoisotopic (exact) mass is 348 g/mol. The maximum Gasteiger partial charge on any atom is 0.257 e. The summed E-state index contributed by atoms with van der Waals surface area (Å²) >= 11 is 1.35. The first-order chi connectivity index (χ1) is 12.3. The fourth-order valence-corrected chi connectivity index (χ4v) is 3.24. The molecule has 0 aromatic carbocycles. The van der Waals surface area contributed by atoms with E-state index in [-0.39, 0.29) is 5.91 Å². The van der Waals surface area contributed by atoms with E-state index in [1.807, 2.05) is 24.3 Å². The van der Waals surface area contributed by atoms with Crippen LogP contribution < -0.4 is 5.32 Å². The fourth-order valence-electron chi connectivity index (χ4n) is 2.30. The number of rotatable bonds is 4. The van der Waals surface area contributed by atoms with E-state index in [0.717, 1.165) is 10.6 Å². The van der Waals surface area contributed by atoms with Crippen LogP contribution in [0.1, 0.15) is 10.4 Å². The molecule has 0 atom stereocenters. The molecule has 0 aliphatic heterocycles. The smallest absolute Gasteiger partial charge is 0.257 e. The van der Waals surface area contributed by atoms with Gasteiger partial charge in [0.05, 0.1) is 16.8 Å². The molecule has 4 rings (SSSR count). The van der Waals surface area contributed by atoms with Crippen molar-refractivity contribution in [1.29, 1.82) is 0 Å². The second-order valence-electron chi connectivity index (χ2n) is 5.08. The molecule has 122 valence electrons. The number of furan rings is 1. The molecule has 4 aromatic heterocycles. The average Bonchev–Trinajstić information content (AvgIpc) is 3.33. The molecule has 0 spiro atoms. The second kappa shape index (κ2) is 6.66. The quantitative estimate of drug-likeness (QED) is 0.600. The summed E-state index contributed by atoms with van der Waals surface area (Å²) < 4.78 is 5.48. The van der Waals surface area contributed by atoms with Gasteiger partial charge in [0, 0.05) is 24.2 Å². The van der Waals surface area contributed by atoms with E-state index in [1.54, 1.807) is 43.1 Å². The molecule has 0 aliphatic rings. The Morgan fingerprint density at radius 1 is 1.04 bits per heavy atom. The van der Waals surface area contributed by atoms with Crippen LogP contribution in [0, 0.1) is 0 Å². The molecule has 6 nitrogen and oxygen atoms in total. The lowest BCUT2D eigenvalue weighted by Crippen LogP contribution is -2.11. The molecule has 1 N–H and O–H groups in total. The Balaban J connectivity index is 1.71. The minimum Gasteiger partial charge on any atom is -0.463 e. The van der Waals surface area contributed by atoms with Crippen LogP contribution in [0.4, 0.5) is 5.13 Å². The van der Waals surface area contributed by atoms with Crippen molar-refractivity contribution < 1.29 is 9.21 Å². The zero-order valence-corrected chi connectivity index (χ0v) is 13.7. The first-order valence-electron chi connectivity index (χ1n) is 7.49. The van der Waals surface area contributed by atoms with E-state index in [0.29, 0.717) is 22.1 Å². The highest BCUT2D eigenvalue weighted by Crippen LogP contribution is 2.38. The summed E-state index contributed by atoms with van der Waals surface area (Å²) in [5.74, 6) is 0.385. The van der Waals surface area contributed by atoms with Gasteiger partial charge in [-0.15, -0.1) is 0 Å². The Labute approximate surface area is 147 Å². The highest BCUT2D eigenvalue weighted by atomic mass is 32.1. The largest absolute Gasteiger partial charge is 0.463 e. The van der Waals surface area contributed by atoms with E-state index in [2.05, 4.69) is 20.3 Å². The van der Waals surface area contributed by atoms with E-state index in [1.165, 1.54) is 11.3 Å². The molecular formula is C18H12N4O2S. The average molecular weight is 348 g/mol. The summed E-state index contributed by atoms with van der Waals surface area (Å²) in [4.78, 5) is 26.0. The molecule has 1 amide bonds.